The molecule has 1 aromatic carbocycles. The molecule has 0 radical (unpaired) electrons. The molecule has 0 aliphatic carbocycles. The lowest BCUT2D eigenvalue weighted by Gasteiger charge is -2.15. The lowest BCUT2D eigenvalue weighted by molar-refractivity contribution is -0.141. The lowest BCUT2D eigenvalue weighted by atomic mass is 10.1. The third-order valence-electron chi connectivity index (χ3n) is 3.46. The lowest BCUT2D eigenvalue weighted by Crippen LogP contribution is -2.23. The van der Waals surface area contributed by atoms with Gasteiger partial charge in [-0.3, -0.25) is 4.68 Å². The maximum absolute atomic E-state index is 13.3. The van der Waals surface area contributed by atoms with Crippen LogP contribution in [-0.4, -0.2) is 20.9 Å². The Labute approximate surface area is 127 Å². The second kappa shape index (κ2) is 6.25. The molecule has 0 bridgehead atoms. The standard InChI is InChI=1S/C16H18F2N2O2/c1-9(2)14-4-10(3)20(19-14)15(16(21)22)7-11-5-12(17)8-13(18)6-11/h4-6,8-9,15H,7H2,1-3H3,(H,21,22). The van der Waals surface area contributed by atoms with E-state index in [1.165, 1.54) is 4.68 Å². The number of carboxylic acid groups (broad SMARTS) is 1. The van der Waals surface area contributed by atoms with Crippen LogP contribution in [0, 0.1) is 18.6 Å². The Morgan fingerprint density at radius 2 is 1.82 bits per heavy atom. The number of carbonyl (C=O) groups is 1. The van der Waals surface area contributed by atoms with Crippen molar-refractivity contribution < 1.29 is 18.7 Å². The molecule has 1 aromatic heterocycles. The van der Waals surface area contributed by atoms with Gasteiger partial charge in [0.15, 0.2) is 6.04 Å². The van der Waals surface area contributed by atoms with Gasteiger partial charge in [0, 0.05) is 18.2 Å². The largest absolute Gasteiger partial charge is 0.480 e. The summed E-state index contributed by atoms with van der Waals surface area (Å²) in [7, 11) is 0. The zero-order valence-corrected chi connectivity index (χ0v) is 12.7. The summed E-state index contributed by atoms with van der Waals surface area (Å²) in [5, 5.41) is 13.8. The van der Waals surface area contributed by atoms with E-state index in [1.807, 2.05) is 19.9 Å². The first-order chi connectivity index (χ1) is 10.3. The van der Waals surface area contributed by atoms with E-state index in [0.29, 0.717) is 5.69 Å². The predicted molar refractivity (Wildman–Crippen MR) is 77.8 cm³/mol. The number of hydrogen-bond donors (Lipinski definition) is 1. The zero-order valence-electron chi connectivity index (χ0n) is 12.7. The van der Waals surface area contributed by atoms with Crippen LogP contribution in [0.25, 0.3) is 0 Å². The van der Waals surface area contributed by atoms with Crippen molar-refractivity contribution in [3.8, 4) is 0 Å². The van der Waals surface area contributed by atoms with Gasteiger partial charge in [0.05, 0.1) is 5.69 Å². The molecule has 0 saturated heterocycles. The van der Waals surface area contributed by atoms with Crippen LogP contribution in [0.1, 0.15) is 42.8 Å². The fraction of sp³-hybridized carbons (Fsp3) is 0.375. The number of benzene rings is 1. The molecule has 0 fully saturated rings. The molecule has 0 aliphatic rings. The minimum atomic E-state index is -1.09. The Hall–Kier alpha value is -2.24. The fourth-order valence-corrected chi connectivity index (χ4v) is 2.34. The number of halogens is 2. The number of hydrogen-bond acceptors (Lipinski definition) is 2. The molecule has 2 rings (SSSR count). The van der Waals surface area contributed by atoms with Crippen LogP contribution in [0.3, 0.4) is 0 Å². The molecule has 0 amide bonds. The molecular formula is C16H18F2N2O2. The van der Waals surface area contributed by atoms with Crippen LogP contribution in [0.15, 0.2) is 24.3 Å². The predicted octanol–water partition coefficient (Wildman–Crippen LogP) is 3.46. The van der Waals surface area contributed by atoms with Gasteiger partial charge in [-0.25, -0.2) is 13.6 Å². The number of aryl methyl sites for hydroxylation is 1. The third kappa shape index (κ3) is 3.50. The highest BCUT2D eigenvalue weighted by molar-refractivity contribution is 5.72. The first kappa shape index (κ1) is 16.1. The zero-order chi connectivity index (χ0) is 16.4. The Morgan fingerprint density at radius 3 is 2.27 bits per heavy atom. The van der Waals surface area contributed by atoms with E-state index in [2.05, 4.69) is 5.10 Å². The van der Waals surface area contributed by atoms with Crippen molar-refractivity contribution >= 4 is 5.97 Å². The van der Waals surface area contributed by atoms with Crippen molar-refractivity contribution in [3.05, 3.63) is 52.9 Å². The summed E-state index contributed by atoms with van der Waals surface area (Å²) in [5.41, 5.74) is 1.77. The minimum Gasteiger partial charge on any atom is -0.480 e. The van der Waals surface area contributed by atoms with Crippen molar-refractivity contribution in [1.82, 2.24) is 9.78 Å². The number of aromatic nitrogens is 2. The Kier molecular flexibility index (Phi) is 4.59. The molecule has 22 heavy (non-hydrogen) atoms. The van der Waals surface area contributed by atoms with Gasteiger partial charge >= 0.3 is 5.97 Å². The summed E-state index contributed by atoms with van der Waals surface area (Å²) in [6.45, 7) is 5.69. The molecular weight excluding hydrogens is 290 g/mol. The normalized spacial score (nSPS) is 12.6. The third-order valence-corrected chi connectivity index (χ3v) is 3.46. The Morgan fingerprint density at radius 1 is 1.23 bits per heavy atom. The highest BCUT2D eigenvalue weighted by atomic mass is 19.1. The molecule has 4 nitrogen and oxygen atoms in total. The molecule has 1 heterocycles. The van der Waals surface area contributed by atoms with Gasteiger partial charge in [-0.2, -0.15) is 5.10 Å². The van der Waals surface area contributed by atoms with Crippen LogP contribution in [-0.2, 0) is 11.2 Å². The fourth-order valence-electron chi connectivity index (χ4n) is 2.34. The van der Waals surface area contributed by atoms with Crippen molar-refractivity contribution in [1.29, 1.82) is 0 Å². The van der Waals surface area contributed by atoms with Crippen LogP contribution in [0.4, 0.5) is 8.78 Å². The van der Waals surface area contributed by atoms with Gasteiger partial charge in [-0.15, -0.1) is 0 Å². The molecule has 1 N–H and O–H groups in total. The number of nitrogens with zero attached hydrogens (tertiary/aromatic N) is 2. The summed E-state index contributed by atoms with van der Waals surface area (Å²) < 4.78 is 27.9. The van der Waals surface area contributed by atoms with Gasteiger partial charge in [0.25, 0.3) is 0 Å². The number of carboxylic acids is 1. The first-order valence-corrected chi connectivity index (χ1v) is 7.01. The summed E-state index contributed by atoms with van der Waals surface area (Å²) in [6.07, 6.45) is -0.0376. The van der Waals surface area contributed by atoms with E-state index in [0.717, 1.165) is 23.9 Å². The highest BCUT2D eigenvalue weighted by Crippen LogP contribution is 2.21. The first-order valence-electron chi connectivity index (χ1n) is 7.01. The Balaban J connectivity index is 2.36. The number of aliphatic carboxylic acids is 1. The van der Waals surface area contributed by atoms with Gasteiger partial charge in [0.2, 0.25) is 0 Å². The van der Waals surface area contributed by atoms with Crippen LogP contribution >= 0.6 is 0 Å². The number of rotatable bonds is 5. The van der Waals surface area contributed by atoms with E-state index in [9.17, 15) is 18.7 Å². The summed E-state index contributed by atoms with van der Waals surface area (Å²) >= 11 is 0. The summed E-state index contributed by atoms with van der Waals surface area (Å²) in [5.74, 6) is -2.37. The smallest absolute Gasteiger partial charge is 0.328 e. The molecule has 0 saturated carbocycles. The average molecular weight is 308 g/mol. The molecule has 6 heteroatoms. The van der Waals surface area contributed by atoms with Gasteiger partial charge in [0.1, 0.15) is 11.6 Å². The average Bonchev–Trinajstić information content (AvgIpc) is 2.76. The molecule has 118 valence electrons. The van der Waals surface area contributed by atoms with E-state index in [1.54, 1.807) is 6.92 Å². The van der Waals surface area contributed by atoms with Crippen molar-refractivity contribution in [3.63, 3.8) is 0 Å². The van der Waals surface area contributed by atoms with E-state index in [-0.39, 0.29) is 17.9 Å². The van der Waals surface area contributed by atoms with Crippen LogP contribution in [0.5, 0.6) is 0 Å². The maximum Gasteiger partial charge on any atom is 0.328 e. The van der Waals surface area contributed by atoms with Gasteiger partial charge < -0.3 is 5.11 Å². The van der Waals surface area contributed by atoms with Crippen LogP contribution < -0.4 is 0 Å². The molecule has 2 aromatic rings. The minimum absolute atomic E-state index is 0.0376. The molecule has 1 unspecified atom stereocenters. The maximum atomic E-state index is 13.3. The second-order valence-electron chi connectivity index (χ2n) is 5.65. The van der Waals surface area contributed by atoms with Gasteiger partial charge in [-0.05, 0) is 36.6 Å². The van der Waals surface area contributed by atoms with Crippen molar-refractivity contribution in [2.75, 3.05) is 0 Å². The van der Waals surface area contributed by atoms with Crippen LogP contribution in [0.2, 0.25) is 0 Å². The Bertz CT molecular complexity index is 675. The van der Waals surface area contributed by atoms with Crippen molar-refractivity contribution in [2.24, 2.45) is 0 Å². The molecule has 0 aliphatic heterocycles. The van der Waals surface area contributed by atoms with E-state index >= 15 is 0 Å². The summed E-state index contributed by atoms with van der Waals surface area (Å²) in [4.78, 5) is 11.6. The summed E-state index contributed by atoms with van der Waals surface area (Å²) in [6, 6.07) is 3.86. The quantitative estimate of drug-likeness (QED) is 0.920. The monoisotopic (exact) mass is 308 g/mol. The highest BCUT2D eigenvalue weighted by Gasteiger charge is 2.24. The second-order valence-corrected chi connectivity index (χ2v) is 5.65. The molecule has 1 atom stereocenters. The topological polar surface area (TPSA) is 55.1 Å². The SMILES string of the molecule is Cc1cc(C(C)C)nn1C(Cc1cc(F)cc(F)c1)C(=O)O. The van der Waals surface area contributed by atoms with Crippen molar-refractivity contribution in [2.45, 2.75) is 39.2 Å². The van der Waals surface area contributed by atoms with E-state index in [4.69, 9.17) is 0 Å². The molecule has 0 spiro atoms. The van der Waals surface area contributed by atoms with E-state index < -0.39 is 23.6 Å². The van der Waals surface area contributed by atoms with Gasteiger partial charge in [-0.1, -0.05) is 13.8 Å².